The summed E-state index contributed by atoms with van der Waals surface area (Å²) in [6.07, 6.45) is 3.90. The maximum Gasteiger partial charge on any atom is 0.328 e. The van der Waals surface area contributed by atoms with Crippen LogP contribution in [-0.4, -0.2) is 17.2 Å². The van der Waals surface area contributed by atoms with Crippen LogP contribution in [0.15, 0.2) is 36.9 Å². The molecule has 1 aromatic rings. The lowest BCUT2D eigenvalue weighted by Crippen LogP contribution is -2.08. The molecule has 0 heterocycles. The van der Waals surface area contributed by atoms with E-state index in [1.54, 1.807) is 24.3 Å². The van der Waals surface area contributed by atoms with Gasteiger partial charge >= 0.3 is 5.97 Å². The highest BCUT2D eigenvalue weighted by molar-refractivity contribution is 6.32. The molecule has 0 radical (unpaired) electrons. The lowest BCUT2D eigenvalue weighted by atomic mass is 10.2. The predicted molar refractivity (Wildman–Crippen MR) is 68.4 cm³/mol. The molecule has 0 amide bonds. The van der Waals surface area contributed by atoms with E-state index in [1.807, 2.05) is 6.92 Å². The second-order valence-electron chi connectivity index (χ2n) is 3.38. The van der Waals surface area contributed by atoms with Crippen LogP contribution in [0.1, 0.15) is 12.5 Å². The first-order chi connectivity index (χ1) is 8.04. The van der Waals surface area contributed by atoms with E-state index in [-0.39, 0.29) is 6.10 Å². The number of carboxylic acids is 1. The fourth-order valence-corrected chi connectivity index (χ4v) is 1.41. The zero-order valence-electron chi connectivity index (χ0n) is 9.39. The number of ether oxygens (including phenoxy) is 1. The summed E-state index contributed by atoms with van der Waals surface area (Å²) in [4.78, 5) is 10.5. The van der Waals surface area contributed by atoms with Crippen molar-refractivity contribution in [2.24, 2.45) is 0 Å². The predicted octanol–water partition coefficient (Wildman–Crippen LogP) is 3.39. The summed E-state index contributed by atoms with van der Waals surface area (Å²) in [5, 5.41) is 9.04. The Bertz CT molecular complexity index is 452. The topological polar surface area (TPSA) is 46.5 Å². The van der Waals surface area contributed by atoms with E-state index in [4.69, 9.17) is 21.4 Å². The van der Waals surface area contributed by atoms with Gasteiger partial charge in [0.15, 0.2) is 0 Å². The number of carbonyl (C=O) groups is 1. The van der Waals surface area contributed by atoms with Gasteiger partial charge < -0.3 is 9.84 Å². The van der Waals surface area contributed by atoms with Crippen LogP contribution in [0.4, 0.5) is 0 Å². The monoisotopic (exact) mass is 252 g/mol. The molecule has 1 N–H and O–H groups in total. The van der Waals surface area contributed by atoms with Gasteiger partial charge in [0, 0.05) is 11.6 Å². The molecule has 0 bridgehead atoms. The number of hydrogen-bond donors (Lipinski definition) is 1. The lowest BCUT2D eigenvalue weighted by Gasteiger charge is -2.13. The maximum absolute atomic E-state index is 10.5. The minimum absolute atomic E-state index is 0.176. The normalized spacial score (nSPS) is 12.4. The van der Waals surface area contributed by atoms with Gasteiger partial charge in [-0.25, -0.2) is 4.79 Å². The molecule has 0 saturated carbocycles. The number of aliphatic carboxylic acids is 1. The van der Waals surface area contributed by atoms with Crippen molar-refractivity contribution < 1.29 is 14.6 Å². The zero-order valence-corrected chi connectivity index (χ0v) is 10.1. The zero-order chi connectivity index (χ0) is 12.8. The Labute approximate surface area is 105 Å². The first-order valence-electron chi connectivity index (χ1n) is 5.03. The summed E-state index contributed by atoms with van der Waals surface area (Å²) >= 11 is 5.99. The van der Waals surface area contributed by atoms with Gasteiger partial charge in [-0.05, 0) is 25.1 Å². The van der Waals surface area contributed by atoms with E-state index in [0.29, 0.717) is 16.3 Å². The molecule has 90 valence electrons. The van der Waals surface area contributed by atoms with Gasteiger partial charge in [0.05, 0.1) is 5.02 Å². The standard InChI is InChI=1S/C13H13ClO3/c1-3-9(2)17-12-6-4-5-11(14)10(12)7-8-13(15)16/h3-9H,1H2,2H3,(H,15,16)/b8-7+. The number of hydrogen-bond acceptors (Lipinski definition) is 2. The molecule has 0 aliphatic carbocycles. The molecule has 4 heteroatoms. The van der Waals surface area contributed by atoms with E-state index in [2.05, 4.69) is 6.58 Å². The van der Waals surface area contributed by atoms with Gasteiger partial charge in [-0.3, -0.25) is 0 Å². The SMILES string of the molecule is C=CC(C)Oc1cccc(Cl)c1/C=C/C(=O)O. The smallest absolute Gasteiger partial charge is 0.328 e. The van der Waals surface area contributed by atoms with E-state index < -0.39 is 5.97 Å². The van der Waals surface area contributed by atoms with Gasteiger partial charge in [0.2, 0.25) is 0 Å². The molecule has 0 fully saturated rings. The van der Waals surface area contributed by atoms with Crippen molar-refractivity contribution in [2.45, 2.75) is 13.0 Å². The van der Waals surface area contributed by atoms with E-state index in [1.165, 1.54) is 6.08 Å². The van der Waals surface area contributed by atoms with Gasteiger partial charge in [0.25, 0.3) is 0 Å². The van der Waals surface area contributed by atoms with E-state index >= 15 is 0 Å². The third-order valence-corrected chi connectivity index (χ3v) is 2.38. The summed E-state index contributed by atoms with van der Waals surface area (Å²) in [5.74, 6) is -0.505. The van der Waals surface area contributed by atoms with Crippen LogP contribution in [0.25, 0.3) is 6.08 Å². The third-order valence-electron chi connectivity index (χ3n) is 2.05. The van der Waals surface area contributed by atoms with Crippen molar-refractivity contribution in [3.63, 3.8) is 0 Å². The van der Waals surface area contributed by atoms with Crippen LogP contribution in [0.3, 0.4) is 0 Å². The fourth-order valence-electron chi connectivity index (χ4n) is 1.18. The minimum Gasteiger partial charge on any atom is -0.486 e. The van der Waals surface area contributed by atoms with Crippen LogP contribution in [0, 0.1) is 0 Å². The highest BCUT2D eigenvalue weighted by Crippen LogP contribution is 2.28. The van der Waals surface area contributed by atoms with Gasteiger partial charge in [-0.2, -0.15) is 0 Å². The first-order valence-corrected chi connectivity index (χ1v) is 5.41. The molecule has 1 aromatic carbocycles. The van der Waals surface area contributed by atoms with Crippen LogP contribution in [-0.2, 0) is 4.79 Å². The van der Waals surface area contributed by atoms with Crippen molar-refractivity contribution in [3.05, 3.63) is 47.5 Å². The van der Waals surface area contributed by atoms with Gasteiger partial charge in [-0.15, -0.1) is 0 Å². The molecule has 1 atom stereocenters. The number of halogens is 1. The maximum atomic E-state index is 10.5. The molecule has 0 aromatic heterocycles. The Morgan fingerprint density at radius 1 is 1.59 bits per heavy atom. The molecule has 0 saturated heterocycles. The summed E-state index contributed by atoms with van der Waals surface area (Å²) in [6.45, 7) is 5.44. The molecule has 0 spiro atoms. The molecule has 17 heavy (non-hydrogen) atoms. The van der Waals surface area contributed by atoms with Gasteiger partial charge in [-0.1, -0.05) is 30.3 Å². The van der Waals surface area contributed by atoms with Crippen molar-refractivity contribution in [1.29, 1.82) is 0 Å². The average molecular weight is 253 g/mol. The van der Waals surface area contributed by atoms with Crippen LogP contribution >= 0.6 is 11.6 Å². The largest absolute Gasteiger partial charge is 0.486 e. The Morgan fingerprint density at radius 3 is 2.88 bits per heavy atom. The van der Waals surface area contributed by atoms with E-state index in [0.717, 1.165) is 6.08 Å². The molecule has 1 rings (SSSR count). The molecule has 3 nitrogen and oxygen atoms in total. The summed E-state index contributed by atoms with van der Waals surface area (Å²) in [6, 6.07) is 5.15. The number of rotatable bonds is 5. The van der Waals surface area contributed by atoms with Crippen molar-refractivity contribution in [3.8, 4) is 5.75 Å². The number of carboxylic acid groups (broad SMARTS) is 1. The second-order valence-corrected chi connectivity index (χ2v) is 3.79. The molecular weight excluding hydrogens is 240 g/mol. The Balaban J connectivity index is 3.07. The van der Waals surface area contributed by atoms with Crippen molar-refractivity contribution in [1.82, 2.24) is 0 Å². The first kappa shape index (κ1) is 13.3. The third kappa shape index (κ3) is 3.96. The van der Waals surface area contributed by atoms with Crippen molar-refractivity contribution in [2.75, 3.05) is 0 Å². The Morgan fingerprint density at radius 2 is 2.29 bits per heavy atom. The highest BCUT2D eigenvalue weighted by atomic mass is 35.5. The molecular formula is C13H13ClO3. The molecule has 0 aliphatic heterocycles. The second kappa shape index (κ2) is 6.11. The van der Waals surface area contributed by atoms with Crippen LogP contribution in [0.5, 0.6) is 5.75 Å². The quantitative estimate of drug-likeness (QED) is 0.645. The summed E-state index contributed by atoms with van der Waals surface area (Å²) < 4.78 is 5.56. The van der Waals surface area contributed by atoms with Crippen molar-refractivity contribution >= 4 is 23.6 Å². The average Bonchev–Trinajstić information content (AvgIpc) is 2.27. The Kier molecular flexibility index (Phi) is 4.79. The number of benzene rings is 1. The highest BCUT2D eigenvalue weighted by Gasteiger charge is 2.07. The molecule has 0 aliphatic rings. The minimum atomic E-state index is -1.03. The van der Waals surface area contributed by atoms with Crippen LogP contribution < -0.4 is 4.74 Å². The summed E-state index contributed by atoms with van der Waals surface area (Å²) in [5.41, 5.74) is 0.547. The van der Waals surface area contributed by atoms with Crippen LogP contribution in [0.2, 0.25) is 5.02 Å². The lowest BCUT2D eigenvalue weighted by molar-refractivity contribution is -0.131. The molecule has 1 unspecified atom stereocenters. The fraction of sp³-hybridized carbons (Fsp3) is 0.154. The van der Waals surface area contributed by atoms with Gasteiger partial charge in [0.1, 0.15) is 11.9 Å². The Hall–Kier alpha value is -1.74. The summed E-state index contributed by atoms with van der Waals surface area (Å²) in [7, 11) is 0. The van der Waals surface area contributed by atoms with E-state index in [9.17, 15) is 4.79 Å².